The number of carbonyl (C=O) groups excluding carboxylic acids is 1. The molecule has 1 aliphatic rings. The number of nitrogens with zero attached hydrogens (tertiary/aromatic N) is 1. The fourth-order valence-electron chi connectivity index (χ4n) is 3.06. The minimum atomic E-state index is -0.118. The van der Waals surface area contributed by atoms with E-state index in [1.807, 2.05) is 62.2 Å². The molecule has 0 saturated carbocycles. The van der Waals surface area contributed by atoms with E-state index >= 15 is 0 Å². The highest BCUT2D eigenvalue weighted by Crippen LogP contribution is 2.31. The van der Waals surface area contributed by atoms with Crippen molar-refractivity contribution in [1.29, 1.82) is 0 Å². The molecule has 5 nitrogen and oxygen atoms in total. The van der Waals surface area contributed by atoms with Crippen molar-refractivity contribution in [3.8, 4) is 11.5 Å². The molecule has 0 aliphatic carbocycles. The molecule has 1 heterocycles. The zero-order chi connectivity index (χ0) is 18.7. The predicted octanol–water partition coefficient (Wildman–Crippen LogP) is 3.67. The Bertz CT molecular complexity index is 786. The molecule has 0 saturated heterocycles. The van der Waals surface area contributed by atoms with Crippen molar-refractivity contribution < 1.29 is 14.3 Å². The summed E-state index contributed by atoms with van der Waals surface area (Å²) in [6, 6.07) is 11.4. The van der Waals surface area contributed by atoms with Gasteiger partial charge in [-0.2, -0.15) is 0 Å². The summed E-state index contributed by atoms with van der Waals surface area (Å²) < 4.78 is 11.6. The lowest BCUT2D eigenvalue weighted by atomic mass is 10.1. The lowest BCUT2D eigenvalue weighted by Gasteiger charge is -2.29. The van der Waals surface area contributed by atoms with E-state index in [9.17, 15) is 4.79 Å². The average molecular weight is 375 g/mol. The highest BCUT2D eigenvalue weighted by Gasteiger charge is 2.22. The van der Waals surface area contributed by atoms with E-state index in [4.69, 9.17) is 21.1 Å². The van der Waals surface area contributed by atoms with Crippen molar-refractivity contribution in [3.63, 3.8) is 0 Å². The number of para-hydroxylation sites is 2. The molecule has 3 rings (SSSR count). The molecule has 6 heteroatoms. The fourth-order valence-corrected chi connectivity index (χ4v) is 3.43. The quantitative estimate of drug-likeness (QED) is 0.867. The van der Waals surface area contributed by atoms with Crippen LogP contribution in [0.2, 0.25) is 5.02 Å². The van der Waals surface area contributed by atoms with Crippen LogP contribution in [-0.2, 0) is 4.79 Å². The van der Waals surface area contributed by atoms with E-state index in [0.717, 1.165) is 22.6 Å². The Morgan fingerprint density at radius 3 is 2.73 bits per heavy atom. The molecule has 1 N–H and O–H groups in total. The second kappa shape index (κ2) is 7.98. The first-order valence-corrected chi connectivity index (χ1v) is 8.94. The topological polar surface area (TPSA) is 50.8 Å². The molecule has 0 radical (unpaired) electrons. The van der Waals surface area contributed by atoms with Crippen molar-refractivity contribution in [2.45, 2.75) is 20.0 Å². The summed E-state index contributed by atoms with van der Waals surface area (Å²) in [5.41, 5.74) is 2.69. The average Bonchev–Trinajstić information content (AvgIpc) is 2.58. The first-order chi connectivity index (χ1) is 12.4. The Hall–Kier alpha value is -2.24. The number of fused-ring (bicyclic) bond motifs is 1. The Labute approximate surface area is 158 Å². The van der Waals surface area contributed by atoms with E-state index in [2.05, 4.69) is 5.32 Å². The third kappa shape index (κ3) is 4.48. The zero-order valence-electron chi connectivity index (χ0n) is 15.2. The Kier molecular flexibility index (Phi) is 5.69. The Morgan fingerprint density at radius 2 is 2.00 bits per heavy atom. The monoisotopic (exact) mass is 374 g/mol. The molecule has 1 aliphatic heterocycles. The number of carbonyl (C=O) groups is 1. The summed E-state index contributed by atoms with van der Waals surface area (Å²) in [6.07, 6.45) is -0.118. The van der Waals surface area contributed by atoms with Crippen molar-refractivity contribution in [3.05, 3.63) is 52.5 Å². The van der Waals surface area contributed by atoms with Crippen LogP contribution in [0.5, 0.6) is 11.5 Å². The van der Waals surface area contributed by atoms with Crippen LogP contribution in [0.3, 0.4) is 0 Å². The van der Waals surface area contributed by atoms with Crippen LogP contribution in [-0.4, -0.2) is 43.7 Å². The summed E-state index contributed by atoms with van der Waals surface area (Å²) >= 11 is 6.25. The normalized spacial score (nSPS) is 15.8. The maximum Gasteiger partial charge on any atom is 0.238 e. The molecule has 0 unspecified atom stereocenters. The highest BCUT2D eigenvalue weighted by atomic mass is 35.5. The summed E-state index contributed by atoms with van der Waals surface area (Å²) in [5, 5.41) is 3.46. The molecule has 138 valence electrons. The summed E-state index contributed by atoms with van der Waals surface area (Å²) in [4.78, 5) is 14.3. The first kappa shape index (κ1) is 18.5. The predicted molar refractivity (Wildman–Crippen MR) is 103 cm³/mol. The van der Waals surface area contributed by atoms with E-state index in [-0.39, 0.29) is 18.6 Å². The van der Waals surface area contributed by atoms with E-state index in [0.29, 0.717) is 23.9 Å². The number of ether oxygens (including phenoxy) is 2. The largest absolute Gasteiger partial charge is 0.486 e. The van der Waals surface area contributed by atoms with E-state index < -0.39 is 0 Å². The summed E-state index contributed by atoms with van der Waals surface area (Å²) in [5.74, 6) is 1.38. The molecular formula is C20H23ClN2O3. The highest BCUT2D eigenvalue weighted by molar-refractivity contribution is 6.34. The SMILES string of the molecule is Cc1cc(C)c(NC(=O)CN(C)C[C@@H]2COc3ccccc3O2)c(Cl)c1. The number of hydrogen-bond acceptors (Lipinski definition) is 4. The number of likely N-dealkylation sites (N-methyl/N-ethyl adjacent to an activating group) is 1. The van der Waals surface area contributed by atoms with E-state index in [1.54, 1.807) is 0 Å². The molecular weight excluding hydrogens is 352 g/mol. The third-order valence-electron chi connectivity index (χ3n) is 4.19. The minimum Gasteiger partial charge on any atom is -0.486 e. The van der Waals surface area contributed by atoms with Crippen LogP contribution in [0, 0.1) is 13.8 Å². The number of benzene rings is 2. The molecule has 2 aromatic rings. The van der Waals surface area contributed by atoms with Gasteiger partial charge in [0, 0.05) is 6.54 Å². The lowest BCUT2D eigenvalue weighted by Crippen LogP contribution is -2.42. The number of nitrogens with one attached hydrogen (secondary N) is 1. The maximum atomic E-state index is 12.4. The third-order valence-corrected chi connectivity index (χ3v) is 4.49. The van der Waals surface area contributed by atoms with Crippen LogP contribution < -0.4 is 14.8 Å². The molecule has 1 amide bonds. The standard InChI is InChI=1S/C20H23ClN2O3/c1-13-8-14(2)20(16(21)9-13)22-19(24)11-23(3)10-15-12-25-17-6-4-5-7-18(17)26-15/h4-9,15H,10-12H2,1-3H3,(H,22,24)/t15-/m1/s1. The summed E-state index contributed by atoms with van der Waals surface area (Å²) in [7, 11) is 1.88. The van der Waals surface area contributed by atoms with Gasteiger partial charge < -0.3 is 14.8 Å². The molecule has 1 atom stereocenters. The zero-order valence-corrected chi connectivity index (χ0v) is 16.0. The van der Waals surface area contributed by atoms with Gasteiger partial charge in [-0.25, -0.2) is 0 Å². The van der Waals surface area contributed by atoms with Crippen LogP contribution in [0.15, 0.2) is 36.4 Å². The number of aryl methyl sites for hydroxylation is 2. The van der Waals surface area contributed by atoms with Crippen LogP contribution >= 0.6 is 11.6 Å². The maximum absolute atomic E-state index is 12.4. The fraction of sp³-hybridized carbons (Fsp3) is 0.350. The van der Waals surface area contributed by atoms with Gasteiger partial charge in [-0.05, 0) is 50.2 Å². The van der Waals surface area contributed by atoms with Crippen molar-refractivity contribution in [2.24, 2.45) is 0 Å². The number of halogens is 1. The second-order valence-corrected chi connectivity index (χ2v) is 7.09. The van der Waals surface area contributed by atoms with Gasteiger partial charge >= 0.3 is 0 Å². The van der Waals surface area contributed by atoms with Gasteiger partial charge in [0.1, 0.15) is 12.7 Å². The van der Waals surface area contributed by atoms with Gasteiger partial charge in [0.2, 0.25) is 5.91 Å². The summed E-state index contributed by atoms with van der Waals surface area (Å²) in [6.45, 7) is 5.20. The van der Waals surface area contributed by atoms with Crippen molar-refractivity contribution >= 4 is 23.2 Å². The Morgan fingerprint density at radius 1 is 1.27 bits per heavy atom. The van der Waals surface area contributed by atoms with Crippen LogP contribution in [0.25, 0.3) is 0 Å². The van der Waals surface area contributed by atoms with Gasteiger partial charge in [-0.1, -0.05) is 29.8 Å². The van der Waals surface area contributed by atoms with Gasteiger partial charge in [0.15, 0.2) is 11.5 Å². The minimum absolute atomic E-state index is 0.113. The molecule has 26 heavy (non-hydrogen) atoms. The van der Waals surface area contributed by atoms with Gasteiger partial charge in [-0.15, -0.1) is 0 Å². The van der Waals surface area contributed by atoms with Gasteiger partial charge in [0.25, 0.3) is 0 Å². The van der Waals surface area contributed by atoms with E-state index in [1.165, 1.54) is 0 Å². The van der Waals surface area contributed by atoms with Crippen LogP contribution in [0.1, 0.15) is 11.1 Å². The van der Waals surface area contributed by atoms with Gasteiger partial charge in [-0.3, -0.25) is 9.69 Å². The number of anilines is 1. The number of rotatable bonds is 5. The van der Waals surface area contributed by atoms with Crippen molar-refractivity contribution in [1.82, 2.24) is 4.90 Å². The molecule has 0 aromatic heterocycles. The molecule has 0 bridgehead atoms. The smallest absolute Gasteiger partial charge is 0.238 e. The molecule has 0 fully saturated rings. The molecule has 0 spiro atoms. The molecule has 2 aromatic carbocycles. The number of hydrogen-bond donors (Lipinski definition) is 1. The Balaban J connectivity index is 1.54. The van der Waals surface area contributed by atoms with Crippen LogP contribution in [0.4, 0.5) is 5.69 Å². The van der Waals surface area contributed by atoms with Crippen molar-refractivity contribution in [2.75, 3.05) is 32.1 Å². The number of amides is 1. The first-order valence-electron chi connectivity index (χ1n) is 8.56. The second-order valence-electron chi connectivity index (χ2n) is 6.68. The van der Waals surface area contributed by atoms with Gasteiger partial charge in [0.05, 0.1) is 17.3 Å². The lowest BCUT2D eigenvalue weighted by molar-refractivity contribution is -0.117.